The van der Waals surface area contributed by atoms with E-state index in [4.69, 9.17) is 5.11 Å². The van der Waals surface area contributed by atoms with Crippen LogP contribution in [-0.2, 0) is 17.3 Å². The number of hydrogen-bond acceptors (Lipinski definition) is 4. The average molecular weight is 394 g/mol. The van der Waals surface area contributed by atoms with E-state index in [-0.39, 0.29) is 17.4 Å². The molecule has 1 atom stereocenters. The minimum absolute atomic E-state index is 0.0179. The van der Waals surface area contributed by atoms with Gasteiger partial charge < -0.3 is 20.6 Å². The van der Waals surface area contributed by atoms with Crippen LogP contribution in [0.4, 0.5) is 0 Å². The van der Waals surface area contributed by atoms with E-state index in [2.05, 4.69) is 59.8 Å². The first-order valence-electron chi connectivity index (χ1n) is 10.8. The molecule has 28 heavy (non-hydrogen) atoms. The zero-order valence-corrected chi connectivity index (χ0v) is 19.2. The summed E-state index contributed by atoms with van der Waals surface area (Å²) in [4.78, 5) is 0. The summed E-state index contributed by atoms with van der Waals surface area (Å²) in [5.41, 5.74) is 4.00. The van der Waals surface area contributed by atoms with Crippen molar-refractivity contribution in [3.63, 3.8) is 0 Å². The highest BCUT2D eigenvalue weighted by Crippen LogP contribution is 2.40. The van der Waals surface area contributed by atoms with Gasteiger partial charge in [0.15, 0.2) is 0 Å². The molecule has 4 nitrogen and oxygen atoms in total. The maximum Gasteiger partial charge on any atom is 0.122 e. The van der Waals surface area contributed by atoms with E-state index >= 15 is 0 Å². The van der Waals surface area contributed by atoms with Crippen molar-refractivity contribution in [1.82, 2.24) is 5.32 Å². The fourth-order valence-corrected chi connectivity index (χ4v) is 3.71. The number of unbranched alkanes of at least 4 members (excludes halogenated alkanes) is 1. The van der Waals surface area contributed by atoms with Gasteiger partial charge in [-0.15, -0.1) is 0 Å². The van der Waals surface area contributed by atoms with Crippen LogP contribution in [0.25, 0.3) is 0 Å². The third-order valence-corrected chi connectivity index (χ3v) is 5.39. The summed E-state index contributed by atoms with van der Waals surface area (Å²) in [5, 5.41) is 33.7. The number of hydrogen-bond donors (Lipinski definition) is 4. The molecule has 0 amide bonds. The Kier molecular flexibility index (Phi) is 9.45. The third kappa shape index (κ3) is 7.38. The van der Waals surface area contributed by atoms with E-state index in [9.17, 15) is 10.2 Å². The number of aliphatic hydroxyl groups excluding tert-OH is 2. The number of phenolic OH excluding ortho intramolecular Hbond substituents is 1. The minimum Gasteiger partial charge on any atom is -0.507 e. The van der Waals surface area contributed by atoms with Crippen LogP contribution in [0.3, 0.4) is 0 Å². The van der Waals surface area contributed by atoms with Gasteiger partial charge in [-0.05, 0) is 78.8 Å². The van der Waals surface area contributed by atoms with Gasteiger partial charge in [-0.3, -0.25) is 0 Å². The Morgan fingerprint density at radius 3 is 2.04 bits per heavy atom. The molecular formula is C24H43NO3. The normalized spacial score (nSPS) is 13.8. The van der Waals surface area contributed by atoms with Gasteiger partial charge in [0.25, 0.3) is 0 Å². The quantitative estimate of drug-likeness (QED) is 0.446. The van der Waals surface area contributed by atoms with Gasteiger partial charge in [-0.1, -0.05) is 47.6 Å². The van der Waals surface area contributed by atoms with Crippen molar-refractivity contribution in [1.29, 1.82) is 0 Å². The molecule has 0 radical (unpaired) electrons. The topological polar surface area (TPSA) is 72.7 Å². The molecule has 0 aliphatic carbocycles. The highest BCUT2D eigenvalue weighted by molar-refractivity contribution is 5.54. The Morgan fingerprint density at radius 2 is 1.50 bits per heavy atom. The molecular weight excluding hydrogens is 350 g/mol. The predicted octanol–water partition coefficient (Wildman–Crippen LogP) is 4.34. The summed E-state index contributed by atoms with van der Waals surface area (Å²) >= 11 is 0. The van der Waals surface area contributed by atoms with Crippen LogP contribution in [0.5, 0.6) is 5.75 Å². The largest absolute Gasteiger partial charge is 0.507 e. The van der Waals surface area contributed by atoms with E-state index in [1.54, 1.807) is 0 Å². The molecule has 0 spiro atoms. The summed E-state index contributed by atoms with van der Waals surface area (Å²) in [6, 6.07) is 2.15. The fourth-order valence-electron chi connectivity index (χ4n) is 3.71. The second-order valence-corrected chi connectivity index (χ2v) is 10.1. The zero-order valence-electron chi connectivity index (χ0n) is 19.2. The first kappa shape index (κ1) is 24.9. The van der Waals surface area contributed by atoms with Gasteiger partial charge in [-0.2, -0.15) is 0 Å². The maximum atomic E-state index is 11.0. The first-order chi connectivity index (χ1) is 12.9. The molecule has 0 fully saturated rings. The molecule has 1 aromatic rings. The number of nitrogens with one attached hydrogen (secondary N) is 1. The van der Waals surface area contributed by atoms with Crippen molar-refractivity contribution < 1.29 is 15.3 Å². The second kappa shape index (κ2) is 10.6. The fraction of sp³-hybridized carbons (Fsp3) is 0.750. The van der Waals surface area contributed by atoms with Gasteiger partial charge in [-0.25, -0.2) is 0 Å². The van der Waals surface area contributed by atoms with Crippen molar-refractivity contribution in [2.24, 2.45) is 0 Å². The highest BCUT2D eigenvalue weighted by Gasteiger charge is 2.28. The Hall–Kier alpha value is -1.10. The van der Waals surface area contributed by atoms with E-state index < -0.39 is 6.10 Å². The van der Waals surface area contributed by atoms with Gasteiger partial charge in [0.2, 0.25) is 0 Å². The van der Waals surface area contributed by atoms with E-state index in [0.717, 1.165) is 49.0 Å². The smallest absolute Gasteiger partial charge is 0.122 e. The number of aliphatic hydroxyl groups is 2. The molecule has 1 unspecified atom stereocenters. The molecule has 4 N–H and O–H groups in total. The van der Waals surface area contributed by atoms with Crippen molar-refractivity contribution in [2.75, 3.05) is 19.7 Å². The Balaban J connectivity index is 2.89. The summed E-state index contributed by atoms with van der Waals surface area (Å²) in [7, 11) is 0. The Labute approximate surface area is 172 Å². The molecule has 0 saturated carbocycles. The molecule has 162 valence electrons. The standard InChI is InChI=1S/C24H43NO3/c1-17-19(15-18(27)11-10-13-25-12-8-9-14-26)22(28)21(24(5,6)7)16-20(17)23(2,3)4/h16,18,25-28H,8-15H2,1-7H3. The van der Waals surface area contributed by atoms with Gasteiger partial charge in [0, 0.05) is 13.0 Å². The molecule has 4 heteroatoms. The first-order valence-corrected chi connectivity index (χ1v) is 10.8. The van der Waals surface area contributed by atoms with Crippen LogP contribution in [0.2, 0.25) is 0 Å². The van der Waals surface area contributed by atoms with Gasteiger partial charge in [0.1, 0.15) is 5.75 Å². The summed E-state index contributed by atoms with van der Waals surface area (Å²) in [6.07, 6.45) is 3.42. The molecule has 1 rings (SSSR count). The van der Waals surface area contributed by atoms with Crippen LogP contribution in [0.1, 0.15) is 89.5 Å². The molecule has 0 aliphatic heterocycles. The highest BCUT2D eigenvalue weighted by atomic mass is 16.3. The SMILES string of the molecule is Cc1c(C(C)(C)C)cc(C(C)(C)C)c(O)c1CC(O)CCCNCCCCO. The zero-order chi connectivity index (χ0) is 21.5. The van der Waals surface area contributed by atoms with E-state index in [1.807, 2.05) is 0 Å². The monoisotopic (exact) mass is 393 g/mol. The van der Waals surface area contributed by atoms with Crippen molar-refractivity contribution in [3.05, 3.63) is 28.3 Å². The number of phenols is 1. The van der Waals surface area contributed by atoms with E-state index in [0.29, 0.717) is 18.6 Å². The lowest BCUT2D eigenvalue weighted by molar-refractivity contribution is 0.160. The maximum absolute atomic E-state index is 11.0. The lowest BCUT2D eigenvalue weighted by Gasteiger charge is -2.30. The molecule has 0 saturated heterocycles. The van der Waals surface area contributed by atoms with Crippen molar-refractivity contribution >= 4 is 0 Å². The van der Waals surface area contributed by atoms with Crippen LogP contribution < -0.4 is 5.32 Å². The summed E-state index contributed by atoms with van der Waals surface area (Å²) in [6.45, 7) is 17.0. The lowest BCUT2D eigenvalue weighted by Crippen LogP contribution is -2.22. The molecule has 0 aliphatic rings. The van der Waals surface area contributed by atoms with Crippen LogP contribution in [0, 0.1) is 6.92 Å². The second-order valence-electron chi connectivity index (χ2n) is 10.1. The molecule has 0 bridgehead atoms. The molecule has 1 aromatic carbocycles. The van der Waals surface area contributed by atoms with E-state index in [1.165, 1.54) is 5.56 Å². The summed E-state index contributed by atoms with van der Waals surface area (Å²) < 4.78 is 0. The van der Waals surface area contributed by atoms with Crippen molar-refractivity contribution in [3.8, 4) is 5.75 Å². The lowest BCUT2D eigenvalue weighted by atomic mass is 9.75. The number of aromatic hydroxyl groups is 1. The van der Waals surface area contributed by atoms with Crippen LogP contribution >= 0.6 is 0 Å². The number of benzene rings is 1. The average Bonchev–Trinajstić information content (AvgIpc) is 2.55. The van der Waals surface area contributed by atoms with Gasteiger partial charge in [0.05, 0.1) is 6.10 Å². The minimum atomic E-state index is -0.466. The Morgan fingerprint density at radius 1 is 0.929 bits per heavy atom. The Bertz CT molecular complexity index is 573. The summed E-state index contributed by atoms with van der Waals surface area (Å²) in [5.74, 6) is 0.346. The van der Waals surface area contributed by atoms with Crippen molar-refractivity contribution in [2.45, 2.75) is 97.5 Å². The predicted molar refractivity (Wildman–Crippen MR) is 118 cm³/mol. The molecule has 0 aromatic heterocycles. The third-order valence-electron chi connectivity index (χ3n) is 5.39. The molecule has 0 heterocycles. The van der Waals surface area contributed by atoms with Crippen LogP contribution in [-0.4, -0.2) is 41.1 Å². The van der Waals surface area contributed by atoms with Gasteiger partial charge >= 0.3 is 0 Å². The number of rotatable bonds is 10. The van der Waals surface area contributed by atoms with Crippen LogP contribution in [0.15, 0.2) is 6.07 Å².